The van der Waals surface area contributed by atoms with Gasteiger partial charge in [-0.15, -0.1) is 0 Å². The number of hydrogen-bond donors (Lipinski definition) is 2. The van der Waals surface area contributed by atoms with E-state index < -0.39 is 5.82 Å². The number of hydrogen-bond acceptors (Lipinski definition) is 4. The van der Waals surface area contributed by atoms with Crippen molar-refractivity contribution >= 4 is 17.1 Å². The Morgan fingerprint density at radius 2 is 1.84 bits per heavy atom. The number of fused-ring (bicyclic) bond motifs is 1. The number of nitrogens with zero attached hydrogens (tertiary/aromatic N) is 4. The molecule has 1 saturated carbocycles. The molecule has 6 rings (SSSR count). The van der Waals surface area contributed by atoms with Crippen molar-refractivity contribution in [1.29, 1.82) is 0 Å². The molecule has 3 aromatic heterocycles. The van der Waals surface area contributed by atoms with E-state index >= 15 is 0 Å². The van der Waals surface area contributed by atoms with Gasteiger partial charge in [0.1, 0.15) is 17.5 Å². The van der Waals surface area contributed by atoms with Crippen LogP contribution in [0.15, 0.2) is 67.1 Å². The van der Waals surface area contributed by atoms with Gasteiger partial charge in [0.15, 0.2) is 5.65 Å². The molecule has 186 valence electrons. The van der Waals surface area contributed by atoms with Gasteiger partial charge >= 0.3 is 0 Å². The Hall–Kier alpha value is -4.40. The minimum absolute atomic E-state index is 0.142. The summed E-state index contributed by atoms with van der Waals surface area (Å²) in [5.41, 5.74) is 4.23. The highest BCUT2D eigenvalue weighted by molar-refractivity contribution is 6.04. The van der Waals surface area contributed by atoms with Crippen molar-refractivity contribution in [2.45, 2.75) is 38.1 Å². The molecule has 37 heavy (non-hydrogen) atoms. The highest BCUT2D eigenvalue weighted by Gasteiger charge is 2.22. The fourth-order valence-electron chi connectivity index (χ4n) is 4.91. The molecule has 1 aliphatic carbocycles. The monoisotopic (exact) mass is 498 g/mol. The molecule has 3 heterocycles. The van der Waals surface area contributed by atoms with Crippen LogP contribution in [0.4, 0.5) is 8.78 Å². The molecule has 0 spiro atoms. The molecule has 1 amide bonds. The van der Waals surface area contributed by atoms with Crippen molar-refractivity contribution < 1.29 is 13.6 Å². The maximum atomic E-state index is 14.5. The van der Waals surface area contributed by atoms with Crippen molar-refractivity contribution in [3.8, 4) is 16.8 Å². The first-order valence-electron chi connectivity index (χ1n) is 12.3. The van der Waals surface area contributed by atoms with Gasteiger partial charge in [-0.1, -0.05) is 12.8 Å². The second-order valence-corrected chi connectivity index (χ2v) is 9.34. The molecule has 5 aromatic rings. The number of aromatic nitrogens is 5. The van der Waals surface area contributed by atoms with Gasteiger partial charge in [0.2, 0.25) is 0 Å². The minimum atomic E-state index is -0.419. The highest BCUT2D eigenvalue weighted by Crippen LogP contribution is 2.33. The molecule has 0 aliphatic heterocycles. The summed E-state index contributed by atoms with van der Waals surface area (Å²) in [4.78, 5) is 25.3. The van der Waals surface area contributed by atoms with Gasteiger partial charge in [-0.2, -0.15) is 5.10 Å². The second-order valence-electron chi connectivity index (χ2n) is 9.34. The third-order valence-corrected chi connectivity index (χ3v) is 6.81. The molecular weight excluding hydrogens is 474 g/mol. The quantitative estimate of drug-likeness (QED) is 0.315. The number of carbonyl (C=O) groups excluding carboxylic acids is 1. The lowest BCUT2D eigenvalue weighted by molar-refractivity contribution is 0.0952. The van der Waals surface area contributed by atoms with Crippen molar-refractivity contribution in [1.82, 2.24) is 30.0 Å². The minimum Gasteiger partial charge on any atom is -0.348 e. The van der Waals surface area contributed by atoms with Gasteiger partial charge in [0.25, 0.3) is 5.91 Å². The highest BCUT2D eigenvalue weighted by atomic mass is 19.1. The Bertz CT molecular complexity index is 1580. The van der Waals surface area contributed by atoms with Crippen LogP contribution in [0.3, 0.4) is 0 Å². The number of imidazole rings is 1. The van der Waals surface area contributed by atoms with Gasteiger partial charge in [-0.25, -0.2) is 23.4 Å². The normalized spacial score (nSPS) is 13.9. The summed E-state index contributed by atoms with van der Waals surface area (Å²) in [5, 5.41) is 7.20. The van der Waals surface area contributed by atoms with E-state index in [9.17, 15) is 13.6 Å². The van der Waals surface area contributed by atoms with Gasteiger partial charge in [0.05, 0.1) is 23.0 Å². The fraction of sp³-hybridized carbons (Fsp3) is 0.214. The standard InChI is InChI=1S/C28H24F2N6O/c29-21-5-7-23(8-6-21)36-16-20(15-33-36)19-11-17(12-22(30)13-19)14-32-28(37)24-9-10-31-27-25(24)34-26(35-27)18-3-1-2-4-18/h5-13,15-16,18H,1-4,14H2,(H,32,37)(H,31,34,35). The molecule has 0 radical (unpaired) electrons. The maximum Gasteiger partial charge on any atom is 0.253 e. The van der Waals surface area contributed by atoms with Gasteiger partial charge in [-0.05, 0) is 72.5 Å². The zero-order chi connectivity index (χ0) is 25.4. The molecule has 7 nitrogen and oxygen atoms in total. The van der Waals surface area contributed by atoms with E-state index in [2.05, 4.69) is 25.4 Å². The Morgan fingerprint density at radius 1 is 1.03 bits per heavy atom. The van der Waals surface area contributed by atoms with Crippen molar-refractivity contribution in [3.63, 3.8) is 0 Å². The molecule has 0 unspecified atom stereocenters. The van der Waals surface area contributed by atoms with Gasteiger partial charge in [-0.3, -0.25) is 4.79 Å². The Labute approximate surface area is 211 Å². The number of rotatable bonds is 6. The predicted molar refractivity (Wildman–Crippen MR) is 135 cm³/mol. The molecule has 2 aromatic carbocycles. The van der Waals surface area contributed by atoms with Crippen LogP contribution in [-0.4, -0.2) is 30.6 Å². The maximum absolute atomic E-state index is 14.5. The van der Waals surface area contributed by atoms with E-state index in [1.807, 2.05) is 6.07 Å². The average Bonchev–Trinajstić information content (AvgIpc) is 3.67. The largest absolute Gasteiger partial charge is 0.348 e. The summed E-state index contributed by atoms with van der Waals surface area (Å²) in [6, 6.07) is 12.2. The lowest BCUT2D eigenvalue weighted by Crippen LogP contribution is -2.23. The number of aromatic amines is 1. The Kier molecular flexibility index (Phi) is 5.96. The fourth-order valence-corrected chi connectivity index (χ4v) is 4.91. The van der Waals surface area contributed by atoms with Crippen LogP contribution in [0.25, 0.3) is 28.0 Å². The van der Waals surface area contributed by atoms with Gasteiger partial charge < -0.3 is 10.3 Å². The second kappa shape index (κ2) is 9.57. The number of amides is 1. The lowest BCUT2D eigenvalue weighted by Gasteiger charge is -2.08. The molecule has 0 atom stereocenters. The molecular formula is C28H24F2N6O. The van der Waals surface area contributed by atoms with Crippen LogP contribution in [0.1, 0.15) is 53.3 Å². The molecule has 0 saturated heterocycles. The zero-order valence-corrected chi connectivity index (χ0v) is 19.9. The molecule has 2 N–H and O–H groups in total. The third kappa shape index (κ3) is 4.72. The summed E-state index contributed by atoms with van der Waals surface area (Å²) < 4.78 is 29.3. The first-order valence-corrected chi connectivity index (χ1v) is 12.3. The summed E-state index contributed by atoms with van der Waals surface area (Å²) >= 11 is 0. The molecule has 1 aliphatic rings. The van der Waals surface area contributed by atoms with Gasteiger partial charge in [0, 0.05) is 30.4 Å². The first-order chi connectivity index (χ1) is 18.0. The summed E-state index contributed by atoms with van der Waals surface area (Å²) in [7, 11) is 0. The number of pyridine rings is 1. The topological polar surface area (TPSA) is 88.5 Å². The third-order valence-electron chi connectivity index (χ3n) is 6.81. The summed E-state index contributed by atoms with van der Waals surface area (Å²) in [5.74, 6) is 0.225. The first kappa shape index (κ1) is 23.0. The molecule has 0 bridgehead atoms. The van der Waals surface area contributed by atoms with Crippen molar-refractivity contribution in [3.05, 3.63) is 95.7 Å². The van der Waals surface area contributed by atoms with Crippen LogP contribution >= 0.6 is 0 Å². The summed E-state index contributed by atoms with van der Waals surface area (Å²) in [6.45, 7) is 0.142. The van der Waals surface area contributed by atoms with E-state index in [4.69, 9.17) is 0 Å². The number of carbonyl (C=O) groups is 1. The van der Waals surface area contributed by atoms with E-state index in [1.54, 1.807) is 41.5 Å². The Morgan fingerprint density at radius 3 is 2.65 bits per heavy atom. The average molecular weight is 499 g/mol. The number of H-pyrrole nitrogens is 1. The summed E-state index contributed by atoms with van der Waals surface area (Å²) in [6.07, 6.45) is 9.50. The zero-order valence-electron chi connectivity index (χ0n) is 19.9. The Balaban J connectivity index is 1.20. The SMILES string of the molecule is O=C(NCc1cc(F)cc(-c2cnn(-c3ccc(F)cc3)c2)c1)c1ccnc2nc(C3CCCC3)[nH]c12. The smallest absolute Gasteiger partial charge is 0.253 e. The van der Waals surface area contributed by atoms with Crippen LogP contribution in [0.2, 0.25) is 0 Å². The van der Waals surface area contributed by atoms with E-state index in [1.165, 1.54) is 37.1 Å². The lowest BCUT2D eigenvalue weighted by atomic mass is 10.1. The van der Waals surface area contributed by atoms with E-state index in [0.29, 0.717) is 45.0 Å². The number of benzene rings is 2. The van der Waals surface area contributed by atoms with E-state index in [-0.39, 0.29) is 18.3 Å². The number of nitrogens with one attached hydrogen (secondary N) is 2. The molecule has 9 heteroatoms. The van der Waals surface area contributed by atoms with Crippen LogP contribution in [0, 0.1) is 11.6 Å². The van der Waals surface area contributed by atoms with Crippen LogP contribution in [-0.2, 0) is 6.54 Å². The van der Waals surface area contributed by atoms with Crippen molar-refractivity contribution in [2.24, 2.45) is 0 Å². The van der Waals surface area contributed by atoms with E-state index in [0.717, 1.165) is 18.7 Å². The number of halogens is 2. The van der Waals surface area contributed by atoms with Crippen LogP contribution < -0.4 is 5.32 Å². The molecule has 1 fully saturated rings. The predicted octanol–water partition coefficient (Wildman–Crippen LogP) is 5.68. The van der Waals surface area contributed by atoms with Crippen LogP contribution in [0.5, 0.6) is 0 Å². The van der Waals surface area contributed by atoms with Crippen molar-refractivity contribution in [2.75, 3.05) is 0 Å².